The van der Waals surface area contributed by atoms with E-state index in [0.717, 1.165) is 11.4 Å². The van der Waals surface area contributed by atoms with Gasteiger partial charge in [-0.05, 0) is 31.2 Å². The van der Waals surface area contributed by atoms with Gasteiger partial charge in [0.2, 0.25) is 5.91 Å². The molecule has 0 fully saturated rings. The van der Waals surface area contributed by atoms with Gasteiger partial charge >= 0.3 is 0 Å². The van der Waals surface area contributed by atoms with Crippen LogP contribution >= 0.6 is 11.8 Å². The number of hydrogen-bond acceptors (Lipinski definition) is 6. The van der Waals surface area contributed by atoms with Crippen LogP contribution in [0, 0.1) is 0 Å². The minimum atomic E-state index is -0.434. The Morgan fingerprint density at radius 2 is 1.38 bits per heavy atom. The van der Waals surface area contributed by atoms with Gasteiger partial charge in [-0.3, -0.25) is 9.69 Å². The zero-order chi connectivity index (χ0) is 18.5. The monoisotopic (exact) mass is 365 g/mol. The molecule has 4 N–H and O–H groups in total. The highest BCUT2D eigenvalue weighted by atomic mass is 32.2. The molecule has 0 aliphatic rings. The zero-order valence-corrected chi connectivity index (χ0v) is 15.1. The predicted molar refractivity (Wildman–Crippen MR) is 106 cm³/mol. The van der Waals surface area contributed by atoms with Crippen molar-refractivity contribution < 1.29 is 4.79 Å². The van der Waals surface area contributed by atoms with E-state index in [-0.39, 0.29) is 17.5 Å². The average molecular weight is 365 g/mol. The number of thioether (sulfide) groups is 1. The van der Waals surface area contributed by atoms with Crippen molar-refractivity contribution in [3.63, 3.8) is 0 Å². The third-order valence-electron chi connectivity index (χ3n) is 3.62. The van der Waals surface area contributed by atoms with Crippen LogP contribution in [-0.4, -0.2) is 21.1 Å². The molecule has 0 aliphatic carbocycles. The van der Waals surface area contributed by atoms with Crippen LogP contribution < -0.4 is 16.4 Å². The Morgan fingerprint density at radius 3 is 1.85 bits per heavy atom. The number of anilines is 4. The van der Waals surface area contributed by atoms with Crippen LogP contribution in [0.2, 0.25) is 0 Å². The largest absolute Gasteiger partial charge is 0.383 e. The fourth-order valence-electron chi connectivity index (χ4n) is 2.46. The minimum Gasteiger partial charge on any atom is -0.383 e. The molecule has 0 spiro atoms. The summed E-state index contributed by atoms with van der Waals surface area (Å²) in [4.78, 5) is 23.2. The van der Waals surface area contributed by atoms with Crippen molar-refractivity contribution in [3.05, 3.63) is 66.7 Å². The molecular weight excluding hydrogens is 346 g/mol. The molecule has 1 amide bonds. The minimum absolute atomic E-state index is 0.0861. The Kier molecular flexibility index (Phi) is 5.38. The Bertz CT molecular complexity index is 829. The summed E-state index contributed by atoms with van der Waals surface area (Å²) in [6.07, 6.45) is 0. The molecular formula is C19H19N5OS. The topological polar surface area (TPSA) is 98.1 Å². The van der Waals surface area contributed by atoms with Gasteiger partial charge in [0.25, 0.3) is 0 Å². The molecule has 1 atom stereocenters. The van der Waals surface area contributed by atoms with Gasteiger partial charge in [0.15, 0.2) is 5.16 Å². The number of amides is 1. The number of aromatic nitrogens is 2. The van der Waals surface area contributed by atoms with E-state index in [1.165, 1.54) is 17.8 Å². The van der Waals surface area contributed by atoms with Crippen molar-refractivity contribution in [1.82, 2.24) is 9.97 Å². The molecule has 7 heteroatoms. The summed E-state index contributed by atoms with van der Waals surface area (Å²) in [6, 6.07) is 20.5. The number of benzene rings is 2. The third kappa shape index (κ3) is 4.12. The van der Waals surface area contributed by atoms with Crippen molar-refractivity contribution in [3.8, 4) is 0 Å². The maximum atomic E-state index is 13.2. The Labute approximate surface area is 156 Å². The second-order valence-electron chi connectivity index (χ2n) is 5.61. The Morgan fingerprint density at radius 1 is 0.923 bits per heavy atom. The molecule has 2 aromatic carbocycles. The van der Waals surface area contributed by atoms with E-state index in [9.17, 15) is 4.79 Å². The summed E-state index contributed by atoms with van der Waals surface area (Å²) < 4.78 is 0. The van der Waals surface area contributed by atoms with Crippen LogP contribution in [0.3, 0.4) is 0 Å². The van der Waals surface area contributed by atoms with Crippen molar-refractivity contribution in [1.29, 1.82) is 0 Å². The smallest absolute Gasteiger partial charge is 0.244 e. The summed E-state index contributed by atoms with van der Waals surface area (Å²) in [6.45, 7) is 1.81. The van der Waals surface area contributed by atoms with Gasteiger partial charge in [-0.2, -0.15) is 0 Å². The molecule has 0 saturated carbocycles. The number of para-hydroxylation sites is 2. The van der Waals surface area contributed by atoms with Crippen molar-refractivity contribution in [2.24, 2.45) is 0 Å². The van der Waals surface area contributed by atoms with Gasteiger partial charge in [0.05, 0.1) is 5.25 Å². The molecule has 3 aromatic rings. The third-order valence-corrected chi connectivity index (χ3v) is 4.57. The lowest BCUT2D eigenvalue weighted by molar-refractivity contribution is -0.117. The van der Waals surface area contributed by atoms with E-state index in [2.05, 4.69) is 9.97 Å². The molecule has 26 heavy (non-hydrogen) atoms. The van der Waals surface area contributed by atoms with E-state index in [0.29, 0.717) is 5.16 Å². The van der Waals surface area contributed by atoms with Gasteiger partial charge in [0, 0.05) is 17.4 Å². The molecule has 1 heterocycles. The summed E-state index contributed by atoms with van der Waals surface area (Å²) in [5, 5.41) is -0.0546. The number of nitrogens with zero attached hydrogens (tertiary/aromatic N) is 3. The SMILES string of the molecule is CC(Sc1nc(N)cc(N)n1)C(=O)N(c1ccccc1)c1ccccc1. The normalized spacial score (nSPS) is 11.7. The summed E-state index contributed by atoms with van der Waals surface area (Å²) >= 11 is 1.22. The first-order valence-corrected chi connectivity index (χ1v) is 8.93. The number of nitrogens with two attached hydrogens (primary N) is 2. The summed E-state index contributed by atoms with van der Waals surface area (Å²) in [5.41, 5.74) is 13.0. The van der Waals surface area contributed by atoms with Crippen LogP contribution in [0.4, 0.5) is 23.0 Å². The standard InChI is InChI=1S/C19H19N5OS/c1-13(26-19-22-16(20)12-17(21)23-19)18(25)24(14-8-4-2-5-9-14)15-10-6-3-7-11-15/h2-13H,1H3,(H4,20,21,22,23). The van der Waals surface area contributed by atoms with Crippen molar-refractivity contribution in [2.75, 3.05) is 16.4 Å². The highest BCUT2D eigenvalue weighted by molar-refractivity contribution is 8.00. The molecule has 132 valence electrons. The number of nitrogen functional groups attached to an aromatic ring is 2. The predicted octanol–water partition coefficient (Wildman–Crippen LogP) is 3.49. The fraction of sp³-hybridized carbons (Fsp3) is 0.105. The van der Waals surface area contributed by atoms with Gasteiger partial charge in [-0.15, -0.1) is 0 Å². The van der Waals surface area contributed by atoms with Crippen molar-refractivity contribution in [2.45, 2.75) is 17.3 Å². The lowest BCUT2D eigenvalue weighted by Crippen LogP contribution is -2.32. The van der Waals surface area contributed by atoms with Crippen LogP contribution in [0.5, 0.6) is 0 Å². The van der Waals surface area contributed by atoms with E-state index >= 15 is 0 Å². The first kappa shape index (κ1) is 17.8. The lowest BCUT2D eigenvalue weighted by Gasteiger charge is -2.25. The molecule has 1 unspecified atom stereocenters. The maximum Gasteiger partial charge on any atom is 0.244 e. The number of carbonyl (C=O) groups is 1. The lowest BCUT2D eigenvalue weighted by atomic mass is 10.2. The second kappa shape index (κ2) is 7.88. The van der Waals surface area contributed by atoms with E-state index in [1.807, 2.05) is 67.6 Å². The highest BCUT2D eigenvalue weighted by Gasteiger charge is 2.25. The Hall–Kier alpha value is -3.06. The molecule has 6 nitrogen and oxygen atoms in total. The Balaban J connectivity index is 1.90. The molecule has 0 bridgehead atoms. The molecule has 1 aromatic heterocycles. The van der Waals surface area contributed by atoms with E-state index in [4.69, 9.17) is 11.5 Å². The molecule has 0 saturated heterocycles. The molecule has 0 radical (unpaired) electrons. The van der Waals surface area contributed by atoms with E-state index < -0.39 is 5.25 Å². The van der Waals surface area contributed by atoms with Gasteiger partial charge in [-0.1, -0.05) is 48.2 Å². The average Bonchev–Trinajstić information content (AvgIpc) is 2.63. The van der Waals surface area contributed by atoms with Crippen LogP contribution in [-0.2, 0) is 4.79 Å². The van der Waals surface area contributed by atoms with Gasteiger partial charge < -0.3 is 11.5 Å². The first-order valence-electron chi connectivity index (χ1n) is 8.05. The van der Waals surface area contributed by atoms with Crippen LogP contribution in [0.15, 0.2) is 71.9 Å². The summed E-state index contributed by atoms with van der Waals surface area (Å²) in [5.74, 6) is 0.474. The number of hydrogen-bond donors (Lipinski definition) is 2. The van der Waals surface area contributed by atoms with E-state index in [1.54, 1.807) is 4.90 Å². The highest BCUT2D eigenvalue weighted by Crippen LogP contribution is 2.30. The van der Waals surface area contributed by atoms with Gasteiger partial charge in [-0.25, -0.2) is 9.97 Å². The van der Waals surface area contributed by atoms with Gasteiger partial charge in [0.1, 0.15) is 11.6 Å². The number of rotatable bonds is 5. The quantitative estimate of drug-likeness (QED) is 0.530. The molecule has 3 rings (SSSR count). The fourth-order valence-corrected chi connectivity index (χ4v) is 3.30. The zero-order valence-electron chi connectivity index (χ0n) is 14.2. The van der Waals surface area contributed by atoms with Crippen LogP contribution in [0.1, 0.15) is 6.92 Å². The first-order chi connectivity index (χ1) is 12.5. The number of carbonyl (C=O) groups excluding carboxylic acids is 1. The second-order valence-corrected chi connectivity index (χ2v) is 6.91. The van der Waals surface area contributed by atoms with Crippen LogP contribution in [0.25, 0.3) is 0 Å². The summed E-state index contributed by atoms with van der Waals surface area (Å²) in [7, 11) is 0. The maximum absolute atomic E-state index is 13.2. The van der Waals surface area contributed by atoms with Crippen molar-refractivity contribution >= 4 is 40.7 Å². The molecule has 0 aliphatic heterocycles.